The van der Waals surface area contributed by atoms with Gasteiger partial charge in [0.05, 0.1) is 11.4 Å². The predicted molar refractivity (Wildman–Crippen MR) is 124 cm³/mol. The molecule has 0 unspecified atom stereocenters. The van der Waals surface area contributed by atoms with Gasteiger partial charge in [-0.2, -0.15) is 0 Å². The van der Waals surface area contributed by atoms with Crippen LogP contribution in [0.1, 0.15) is 22.5 Å². The van der Waals surface area contributed by atoms with E-state index in [1.807, 2.05) is 66.9 Å². The minimum atomic E-state index is 0.131. The first-order valence-corrected chi connectivity index (χ1v) is 10.8. The average molecular weight is 471 g/mol. The van der Waals surface area contributed by atoms with Crippen LogP contribution in [-0.4, -0.2) is 24.5 Å². The summed E-state index contributed by atoms with van der Waals surface area (Å²) in [4.78, 5) is 14.0. The fourth-order valence-electron chi connectivity index (χ4n) is 3.62. The van der Waals surface area contributed by atoms with E-state index in [9.17, 15) is 5.11 Å². The molecule has 0 saturated heterocycles. The maximum Gasteiger partial charge on any atom is 0.219 e. The second kappa shape index (κ2) is 8.32. The molecule has 31 heavy (non-hydrogen) atoms. The Bertz CT molecular complexity index is 1330. The van der Waals surface area contributed by atoms with Gasteiger partial charge in [0.25, 0.3) is 0 Å². The number of benzene rings is 2. The Hall–Kier alpha value is -3.51. The molecule has 0 amide bonds. The number of halogens is 1. The molecule has 0 aliphatic rings. The van der Waals surface area contributed by atoms with Gasteiger partial charge >= 0.3 is 0 Å². The predicted octanol–water partition coefficient (Wildman–Crippen LogP) is 5.44. The number of hydrogen-bond donors (Lipinski definition) is 1. The van der Waals surface area contributed by atoms with Crippen LogP contribution in [0.4, 0.5) is 0 Å². The normalized spacial score (nSPS) is 11.1. The number of hydrogen-bond acceptors (Lipinski definition) is 4. The van der Waals surface area contributed by atoms with Gasteiger partial charge in [0.15, 0.2) is 5.65 Å². The van der Waals surface area contributed by atoms with Crippen LogP contribution < -0.4 is 0 Å². The molecule has 0 aliphatic carbocycles. The summed E-state index contributed by atoms with van der Waals surface area (Å²) in [5.41, 5.74) is 6.00. The quantitative estimate of drug-likeness (QED) is 0.347. The van der Waals surface area contributed by atoms with Gasteiger partial charge in [0, 0.05) is 30.8 Å². The van der Waals surface area contributed by atoms with Crippen molar-refractivity contribution < 1.29 is 5.11 Å². The van der Waals surface area contributed by atoms with Crippen molar-refractivity contribution in [3.63, 3.8) is 0 Å². The van der Waals surface area contributed by atoms with Crippen LogP contribution in [0.3, 0.4) is 0 Å². The van der Waals surface area contributed by atoms with Gasteiger partial charge in [0.1, 0.15) is 10.3 Å². The van der Waals surface area contributed by atoms with Crippen molar-refractivity contribution in [2.75, 3.05) is 0 Å². The fourth-order valence-corrected chi connectivity index (χ4v) is 3.86. The topological polar surface area (TPSA) is 63.3 Å². The lowest BCUT2D eigenvalue weighted by Crippen LogP contribution is -2.00. The number of nitrogens with zero attached hydrogens (tertiary/aromatic N) is 4. The van der Waals surface area contributed by atoms with Crippen molar-refractivity contribution >= 4 is 21.6 Å². The van der Waals surface area contributed by atoms with Crippen molar-refractivity contribution in [3.8, 4) is 17.1 Å². The zero-order chi connectivity index (χ0) is 21.2. The van der Waals surface area contributed by atoms with Crippen molar-refractivity contribution in [2.24, 2.45) is 0 Å². The molecule has 3 aromatic heterocycles. The maximum absolute atomic E-state index is 11.0. The summed E-state index contributed by atoms with van der Waals surface area (Å²) < 4.78 is 2.52. The van der Waals surface area contributed by atoms with Gasteiger partial charge in [-0.25, -0.2) is 15.0 Å². The highest BCUT2D eigenvalue weighted by Gasteiger charge is 2.18. The highest BCUT2D eigenvalue weighted by atomic mass is 79.9. The van der Waals surface area contributed by atoms with E-state index in [0.717, 1.165) is 32.7 Å². The summed E-state index contributed by atoms with van der Waals surface area (Å²) in [6, 6.07) is 24.0. The molecule has 152 valence electrons. The van der Waals surface area contributed by atoms with Crippen LogP contribution in [0.15, 0.2) is 89.8 Å². The summed E-state index contributed by atoms with van der Waals surface area (Å²) in [5.74, 6) is 0.131. The third-order valence-corrected chi connectivity index (χ3v) is 5.63. The molecule has 0 saturated carbocycles. The van der Waals surface area contributed by atoms with Crippen molar-refractivity contribution in [3.05, 3.63) is 112 Å². The lowest BCUT2D eigenvalue weighted by atomic mass is 10.1. The zero-order valence-corrected chi connectivity index (χ0v) is 18.2. The van der Waals surface area contributed by atoms with Crippen LogP contribution >= 0.6 is 15.9 Å². The molecule has 5 aromatic rings. The SMILES string of the molecule is Oc1c(Cc2ccc(Br)nc2)nc2c(Cc3ccccc3)nc(-c3ccccc3)cn12. The monoisotopic (exact) mass is 470 g/mol. The van der Waals surface area contributed by atoms with E-state index in [1.165, 1.54) is 0 Å². The first-order valence-electron chi connectivity index (χ1n) is 9.97. The van der Waals surface area contributed by atoms with E-state index in [0.29, 0.717) is 24.2 Å². The lowest BCUT2D eigenvalue weighted by Gasteiger charge is -2.08. The van der Waals surface area contributed by atoms with Crippen LogP contribution in [0.5, 0.6) is 5.88 Å². The van der Waals surface area contributed by atoms with Gasteiger partial charge in [-0.15, -0.1) is 0 Å². The fraction of sp³-hybridized carbons (Fsp3) is 0.0800. The third kappa shape index (κ3) is 4.07. The Morgan fingerprint density at radius 2 is 1.48 bits per heavy atom. The molecule has 0 spiro atoms. The van der Waals surface area contributed by atoms with Gasteiger partial charge < -0.3 is 5.11 Å². The minimum Gasteiger partial charge on any atom is -0.493 e. The van der Waals surface area contributed by atoms with Crippen molar-refractivity contribution in [1.29, 1.82) is 0 Å². The average Bonchev–Trinajstić information content (AvgIpc) is 3.12. The third-order valence-electron chi connectivity index (χ3n) is 5.16. The molecule has 2 aromatic carbocycles. The van der Waals surface area contributed by atoms with Crippen molar-refractivity contribution in [2.45, 2.75) is 12.8 Å². The summed E-state index contributed by atoms with van der Waals surface area (Å²) in [5, 5.41) is 11.0. The van der Waals surface area contributed by atoms with E-state index >= 15 is 0 Å². The van der Waals surface area contributed by atoms with E-state index < -0.39 is 0 Å². The minimum absolute atomic E-state index is 0.131. The van der Waals surface area contributed by atoms with Crippen LogP contribution in [0.2, 0.25) is 0 Å². The van der Waals surface area contributed by atoms with E-state index in [2.05, 4.69) is 33.0 Å². The summed E-state index contributed by atoms with van der Waals surface area (Å²) >= 11 is 3.36. The molecule has 0 aliphatic heterocycles. The number of aromatic nitrogens is 4. The van der Waals surface area contributed by atoms with Gasteiger partial charge in [0.2, 0.25) is 5.88 Å². The second-order valence-electron chi connectivity index (χ2n) is 7.34. The van der Waals surface area contributed by atoms with E-state index in [1.54, 1.807) is 10.6 Å². The molecule has 0 radical (unpaired) electrons. The van der Waals surface area contributed by atoms with E-state index in [4.69, 9.17) is 9.97 Å². The van der Waals surface area contributed by atoms with Gasteiger partial charge in [-0.1, -0.05) is 66.7 Å². The number of fused-ring (bicyclic) bond motifs is 1. The van der Waals surface area contributed by atoms with Crippen molar-refractivity contribution in [1.82, 2.24) is 19.4 Å². The molecule has 0 atom stereocenters. The summed E-state index contributed by atoms with van der Waals surface area (Å²) in [6.07, 6.45) is 4.75. The Balaban J connectivity index is 1.64. The molecule has 0 bridgehead atoms. The molecule has 5 rings (SSSR count). The second-order valence-corrected chi connectivity index (χ2v) is 8.16. The standard InChI is InChI=1S/C25H19BrN4O/c26-23-12-11-18(15-27-23)14-21-25(31)30-16-22(19-9-5-2-6-10-19)28-20(24(30)29-21)13-17-7-3-1-4-8-17/h1-12,15-16,31H,13-14H2. The highest BCUT2D eigenvalue weighted by Crippen LogP contribution is 2.28. The number of pyridine rings is 1. The Kier molecular flexibility index (Phi) is 5.22. The van der Waals surface area contributed by atoms with E-state index in [-0.39, 0.29) is 5.88 Å². The highest BCUT2D eigenvalue weighted by molar-refractivity contribution is 9.10. The van der Waals surface area contributed by atoms with Gasteiger partial charge in [-0.05, 0) is 33.1 Å². The number of rotatable bonds is 5. The van der Waals surface area contributed by atoms with Crippen LogP contribution in [0, 0.1) is 0 Å². The van der Waals surface area contributed by atoms with Crippen LogP contribution in [0.25, 0.3) is 16.9 Å². The largest absolute Gasteiger partial charge is 0.493 e. The molecule has 6 heteroatoms. The maximum atomic E-state index is 11.0. The Morgan fingerprint density at radius 1 is 0.774 bits per heavy atom. The number of imidazole rings is 1. The Morgan fingerprint density at radius 3 is 2.19 bits per heavy atom. The molecular formula is C25H19BrN4O. The Labute approximate surface area is 188 Å². The molecular weight excluding hydrogens is 452 g/mol. The summed E-state index contributed by atoms with van der Waals surface area (Å²) in [7, 11) is 0. The first-order chi connectivity index (χ1) is 15.2. The zero-order valence-electron chi connectivity index (χ0n) is 16.6. The smallest absolute Gasteiger partial charge is 0.219 e. The number of aromatic hydroxyl groups is 1. The van der Waals surface area contributed by atoms with Crippen LogP contribution in [-0.2, 0) is 12.8 Å². The molecule has 5 nitrogen and oxygen atoms in total. The molecule has 0 fully saturated rings. The van der Waals surface area contributed by atoms with Gasteiger partial charge in [-0.3, -0.25) is 4.40 Å². The summed E-state index contributed by atoms with van der Waals surface area (Å²) in [6.45, 7) is 0. The first kappa shape index (κ1) is 19.5. The molecule has 1 N–H and O–H groups in total. The molecule has 3 heterocycles. The lowest BCUT2D eigenvalue weighted by molar-refractivity contribution is 0.442.